The molecule has 3 aromatic rings. The van der Waals surface area contributed by atoms with Crippen molar-refractivity contribution >= 4 is 11.7 Å². The van der Waals surface area contributed by atoms with E-state index in [1.54, 1.807) is 30.3 Å². The third-order valence-corrected chi connectivity index (χ3v) is 6.07. The van der Waals surface area contributed by atoms with E-state index in [2.05, 4.69) is 10.3 Å². The van der Waals surface area contributed by atoms with Gasteiger partial charge in [0.2, 0.25) is 0 Å². The van der Waals surface area contributed by atoms with Gasteiger partial charge in [-0.2, -0.15) is 4.98 Å². The number of fused-ring (bicyclic) bond motifs is 2. The Kier molecular flexibility index (Phi) is 6.71. The normalized spacial score (nSPS) is 25.7. The summed E-state index contributed by atoms with van der Waals surface area (Å²) >= 11 is 0. The second-order valence-corrected chi connectivity index (χ2v) is 8.37. The molecule has 0 unspecified atom stereocenters. The average molecular weight is 479 g/mol. The summed E-state index contributed by atoms with van der Waals surface area (Å²) in [5.41, 5.74) is -0.481. The van der Waals surface area contributed by atoms with E-state index in [9.17, 15) is 14.7 Å². The standard InChI is InChI=1S/C25H25N3O7/c29-14-25-15-32-16-34-20(21(25)33-13-17-7-3-1-4-8-17)23(35-25)28-12-11-19(27-24(28)31)26-22(30)18-9-5-2-6-10-18/h1-12,20-21,23,29H,13-16H2,(H,26,27,30,31)/t20-,21+,23-,25+/m1/s1. The van der Waals surface area contributed by atoms with Gasteiger partial charge in [-0.25, -0.2) is 4.79 Å². The molecule has 2 N–H and O–H groups in total. The fourth-order valence-corrected chi connectivity index (χ4v) is 4.30. The monoisotopic (exact) mass is 479 g/mol. The van der Waals surface area contributed by atoms with Gasteiger partial charge in [0, 0.05) is 11.8 Å². The first kappa shape index (κ1) is 23.3. The van der Waals surface area contributed by atoms with E-state index >= 15 is 0 Å². The van der Waals surface area contributed by atoms with Crippen molar-refractivity contribution < 1.29 is 28.8 Å². The average Bonchev–Trinajstić information content (AvgIpc) is 3.06. The molecule has 4 atom stereocenters. The van der Waals surface area contributed by atoms with Gasteiger partial charge in [0.1, 0.15) is 30.4 Å². The molecule has 10 heteroatoms. The number of hydrogen-bond donors (Lipinski definition) is 2. The van der Waals surface area contributed by atoms with Crippen LogP contribution in [0.5, 0.6) is 0 Å². The largest absolute Gasteiger partial charge is 0.393 e. The van der Waals surface area contributed by atoms with E-state index in [-0.39, 0.29) is 31.7 Å². The molecule has 2 bridgehead atoms. The van der Waals surface area contributed by atoms with Gasteiger partial charge in [-0.05, 0) is 23.8 Å². The first-order valence-electron chi connectivity index (χ1n) is 11.2. The molecule has 2 aliphatic rings. The molecule has 0 spiro atoms. The highest BCUT2D eigenvalue weighted by Crippen LogP contribution is 2.42. The third-order valence-electron chi connectivity index (χ3n) is 6.07. The molecule has 5 rings (SSSR count). The molecule has 182 valence electrons. The maximum atomic E-state index is 12.9. The highest BCUT2D eigenvalue weighted by Gasteiger charge is 2.59. The van der Waals surface area contributed by atoms with E-state index in [1.165, 1.54) is 16.8 Å². The van der Waals surface area contributed by atoms with E-state index in [1.807, 2.05) is 30.3 Å². The SMILES string of the molecule is O=C(Nc1ccn([C@@H]2O[C@@]3(CO)COCO[C@@H]2[C@@H]3OCc2ccccc2)c(=O)n1)c1ccccc1. The van der Waals surface area contributed by atoms with Crippen molar-refractivity contribution in [3.05, 3.63) is 94.5 Å². The van der Waals surface area contributed by atoms with Crippen molar-refractivity contribution in [1.29, 1.82) is 0 Å². The van der Waals surface area contributed by atoms with Crippen LogP contribution < -0.4 is 11.0 Å². The second-order valence-electron chi connectivity index (χ2n) is 8.37. The van der Waals surface area contributed by atoms with Crippen molar-refractivity contribution in [2.45, 2.75) is 30.6 Å². The molecule has 2 saturated heterocycles. The number of nitrogens with one attached hydrogen (secondary N) is 1. The Morgan fingerprint density at radius 1 is 1.14 bits per heavy atom. The second kappa shape index (κ2) is 10.1. The number of anilines is 1. The molecule has 0 saturated carbocycles. The van der Waals surface area contributed by atoms with Crippen LogP contribution in [0, 0.1) is 0 Å². The maximum absolute atomic E-state index is 12.9. The predicted molar refractivity (Wildman–Crippen MR) is 124 cm³/mol. The van der Waals surface area contributed by atoms with Crippen LogP contribution >= 0.6 is 0 Å². The highest BCUT2D eigenvalue weighted by molar-refractivity contribution is 6.03. The van der Waals surface area contributed by atoms with Crippen molar-refractivity contribution in [2.75, 3.05) is 25.3 Å². The van der Waals surface area contributed by atoms with Crippen LogP contribution in [-0.2, 0) is 25.6 Å². The Bertz CT molecular complexity index is 1220. The van der Waals surface area contributed by atoms with Crippen LogP contribution in [0.2, 0.25) is 0 Å². The lowest BCUT2D eigenvalue weighted by atomic mass is 9.96. The number of aliphatic hydroxyl groups is 1. The van der Waals surface area contributed by atoms with Gasteiger partial charge in [0.25, 0.3) is 5.91 Å². The molecule has 0 radical (unpaired) electrons. The van der Waals surface area contributed by atoms with Gasteiger partial charge < -0.3 is 29.4 Å². The highest BCUT2D eigenvalue weighted by atomic mass is 16.7. The molecule has 0 aliphatic carbocycles. The van der Waals surface area contributed by atoms with Crippen LogP contribution in [0.15, 0.2) is 77.7 Å². The fourth-order valence-electron chi connectivity index (χ4n) is 4.30. The summed E-state index contributed by atoms with van der Waals surface area (Å²) < 4.78 is 24.9. The zero-order valence-electron chi connectivity index (χ0n) is 18.8. The Hall–Kier alpha value is -3.41. The van der Waals surface area contributed by atoms with Gasteiger partial charge in [-0.3, -0.25) is 9.36 Å². The number of aliphatic hydroxyl groups excluding tert-OH is 1. The first-order chi connectivity index (χ1) is 17.1. The minimum Gasteiger partial charge on any atom is -0.393 e. The summed E-state index contributed by atoms with van der Waals surface area (Å²) in [5, 5.41) is 12.9. The Morgan fingerprint density at radius 2 is 1.89 bits per heavy atom. The van der Waals surface area contributed by atoms with Crippen molar-refractivity contribution in [1.82, 2.24) is 9.55 Å². The summed E-state index contributed by atoms with van der Waals surface area (Å²) in [7, 11) is 0. The minimum atomic E-state index is -1.22. The lowest BCUT2D eigenvalue weighted by molar-refractivity contribution is -0.200. The molecule has 2 aromatic carbocycles. The lowest BCUT2D eigenvalue weighted by Crippen LogP contribution is -2.50. The van der Waals surface area contributed by atoms with E-state index in [0.717, 1.165) is 5.56 Å². The molecule has 3 heterocycles. The van der Waals surface area contributed by atoms with Crippen LogP contribution in [0.25, 0.3) is 0 Å². The van der Waals surface area contributed by atoms with Crippen LogP contribution in [0.4, 0.5) is 5.82 Å². The number of ether oxygens (including phenoxy) is 4. The molecule has 1 aromatic heterocycles. The van der Waals surface area contributed by atoms with E-state index < -0.39 is 36.3 Å². The molecular formula is C25H25N3O7. The quantitative estimate of drug-likeness (QED) is 0.526. The fraction of sp³-hybridized carbons (Fsp3) is 0.320. The van der Waals surface area contributed by atoms with Gasteiger partial charge in [0.15, 0.2) is 6.23 Å². The Morgan fingerprint density at radius 3 is 2.60 bits per heavy atom. The smallest absolute Gasteiger partial charge is 0.351 e. The zero-order valence-corrected chi connectivity index (χ0v) is 18.8. The number of aromatic nitrogens is 2. The van der Waals surface area contributed by atoms with Gasteiger partial charge in [-0.15, -0.1) is 0 Å². The minimum absolute atomic E-state index is 0.0311. The molecule has 2 aliphatic heterocycles. The van der Waals surface area contributed by atoms with Gasteiger partial charge in [-0.1, -0.05) is 48.5 Å². The third kappa shape index (κ3) is 4.75. The summed E-state index contributed by atoms with van der Waals surface area (Å²) in [6, 6.07) is 19.7. The lowest BCUT2D eigenvalue weighted by Gasteiger charge is -2.30. The van der Waals surface area contributed by atoms with E-state index in [0.29, 0.717) is 5.56 Å². The van der Waals surface area contributed by atoms with Crippen LogP contribution in [0.1, 0.15) is 22.1 Å². The molecule has 10 nitrogen and oxygen atoms in total. The van der Waals surface area contributed by atoms with Crippen molar-refractivity contribution in [3.8, 4) is 0 Å². The number of rotatable bonds is 7. The van der Waals surface area contributed by atoms with Gasteiger partial charge in [0.05, 0.1) is 19.8 Å². The number of carbonyl (C=O) groups excluding carboxylic acids is 1. The number of benzene rings is 2. The van der Waals surface area contributed by atoms with Crippen molar-refractivity contribution in [3.63, 3.8) is 0 Å². The zero-order chi connectivity index (χ0) is 24.3. The summed E-state index contributed by atoms with van der Waals surface area (Å²) in [6.45, 7) is -0.134. The summed E-state index contributed by atoms with van der Waals surface area (Å²) in [5.74, 6) is -0.273. The van der Waals surface area contributed by atoms with Crippen LogP contribution in [0.3, 0.4) is 0 Å². The number of nitrogens with zero attached hydrogens (tertiary/aromatic N) is 2. The number of amides is 1. The maximum Gasteiger partial charge on any atom is 0.351 e. The Balaban J connectivity index is 1.38. The summed E-state index contributed by atoms with van der Waals surface area (Å²) in [6.07, 6.45) is -0.880. The van der Waals surface area contributed by atoms with Gasteiger partial charge >= 0.3 is 5.69 Å². The van der Waals surface area contributed by atoms with Crippen molar-refractivity contribution in [2.24, 2.45) is 0 Å². The number of carbonyl (C=O) groups is 1. The van der Waals surface area contributed by atoms with Crippen LogP contribution in [-0.4, -0.2) is 58.4 Å². The van der Waals surface area contributed by atoms with E-state index in [4.69, 9.17) is 18.9 Å². The first-order valence-corrected chi connectivity index (χ1v) is 11.2. The molecule has 35 heavy (non-hydrogen) atoms. The number of hydrogen-bond acceptors (Lipinski definition) is 8. The Labute approximate surface area is 201 Å². The molecule has 2 fully saturated rings. The summed E-state index contributed by atoms with van der Waals surface area (Å²) in [4.78, 5) is 29.3. The molecule has 1 amide bonds. The molecular weight excluding hydrogens is 454 g/mol. The topological polar surface area (TPSA) is 121 Å². The predicted octanol–water partition coefficient (Wildman–Crippen LogP) is 1.71.